The van der Waals surface area contributed by atoms with Crippen molar-refractivity contribution in [3.63, 3.8) is 0 Å². The molecule has 0 aliphatic rings. The second-order valence-electron chi connectivity index (χ2n) is 2.15. The van der Waals surface area contributed by atoms with Gasteiger partial charge in [-0.15, -0.1) is 12.4 Å². The molecule has 0 aromatic heterocycles. The van der Waals surface area contributed by atoms with E-state index in [1.54, 1.807) is 12.1 Å². The third kappa shape index (κ3) is 2.67. The third-order valence-electron chi connectivity index (χ3n) is 1.32. The van der Waals surface area contributed by atoms with E-state index in [0.29, 0.717) is 11.2 Å². The molecule has 6 heteroatoms. The molecule has 0 heterocycles. The largest absolute Gasteiger partial charge is 0.488 e. The molecule has 12 heavy (non-hydrogen) atoms. The SMILES string of the molecule is Cl.Nc1cc(B(O)O)ccc1Br. The van der Waals surface area contributed by atoms with Crippen LogP contribution in [0.3, 0.4) is 0 Å². The molecule has 0 aliphatic heterocycles. The molecule has 0 radical (unpaired) electrons. The molecular formula is C6H8BBrClNO2. The Morgan fingerprint density at radius 2 is 1.92 bits per heavy atom. The highest BCUT2D eigenvalue weighted by Crippen LogP contribution is 2.16. The lowest BCUT2D eigenvalue weighted by atomic mass is 9.80. The zero-order valence-electron chi connectivity index (χ0n) is 6.07. The standard InChI is InChI=1S/C6H7BBrNO2.ClH/c8-5-2-1-4(7(10)11)3-6(5)9;/h1-3,10-11H,9H2;1H. The smallest absolute Gasteiger partial charge is 0.423 e. The Balaban J connectivity index is 0.00000121. The fourth-order valence-corrected chi connectivity index (χ4v) is 0.969. The van der Waals surface area contributed by atoms with Crippen molar-refractivity contribution in [3.8, 4) is 0 Å². The monoisotopic (exact) mass is 251 g/mol. The minimum Gasteiger partial charge on any atom is -0.423 e. The maximum atomic E-state index is 8.72. The number of hydrogen-bond donors (Lipinski definition) is 3. The Hall–Kier alpha value is -0.225. The third-order valence-corrected chi connectivity index (χ3v) is 2.04. The molecule has 0 amide bonds. The Bertz CT molecular complexity index is 272. The number of halogens is 2. The fourth-order valence-electron chi connectivity index (χ4n) is 0.723. The quantitative estimate of drug-likeness (QED) is 0.492. The molecular weight excluding hydrogens is 244 g/mol. The van der Waals surface area contributed by atoms with Crippen LogP contribution in [0.25, 0.3) is 0 Å². The first kappa shape index (κ1) is 11.8. The van der Waals surface area contributed by atoms with Gasteiger partial charge in [0.1, 0.15) is 0 Å². The van der Waals surface area contributed by atoms with Gasteiger partial charge in [0.25, 0.3) is 0 Å². The first-order valence-corrected chi connectivity index (χ1v) is 3.81. The van der Waals surface area contributed by atoms with Crippen LogP contribution in [0.15, 0.2) is 22.7 Å². The first-order chi connectivity index (χ1) is 5.11. The molecule has 0 saturated heterocycles. The second kappa shape index (κ2) is 4.72. The van der Waals surface area contributed by atoms with Gasteiger partial charge in [-0.1, -0.05) is 6.07 Å². The van der Waals surface area contributed by atoms with E-state index >= 15 is 0 Å². The van der Waals surface area contributed by atoms with Crippen LogP contribution in [0, 0.1) is 0 Å². The molecule has 0 saturated carbocycles. The van der Waals surface area contributed by atoms with Gasteiger partial charge in [0.15, 0.2) is 0 Å². The number of rotatable bonds is 1. The van der Waals surface area contributed by atoms with Crippen LogP contribution in [0.5, 0.6) is 0 Å². The predicted molar refractivity (Wildman–Crippen MR) is 55.6 cm³/mol. The van der Waals surface area contributed by atoms with Gasteiger partial charge in [0, 0.05) is 10.2 Å². The molecule has 4 N–H and O–H groups in total. The van der Waals surface area contributed by atoms with Crippen molar-refractivity contribution in [2.75, 3.05) is 5.73 Å². The maximum Gasteiger partial charge on any atom is 0.488 e. The summed E-state index contributed by atoms with van der Waals surface area (Å²) in [6, 6.07) is 4.77. The lowest BCUT2D eigenvalue weighted by Crippen LogP contribution is -2.29. The summed E-state index contributed by atoms with van der Waals surface area (Å²) in [5.41, 5.74) is 6.38. The number of benzene rings is 1. The van der Waals surface area contributed by atoms with Crippen molar-refractivity contribution < 1.29 is 10.0 Å². The molecule has 0 atom stereocenters. The van der Waals surface area contributed by atoms with Gasteiger partial charge < -0.3 is 15.8 Å². The van der Waals surface area contributed by atoms with E-state index in [1.165, 1.54) is 6.07 Å². The summed E-state index contributed by atoms with van der Waals surface area (Å²) in [6.45, 7) is 0. The molecule has 1 aromatic rings. The average Bonchev–Trinajstić information content (AvgIpc) is 1.94. The van der Waals surface area contributed by atoms with E-state index in [1.807, 2.05) is 0 Å². The topological polar surface area (TPSA) is 66.5 Å². The van der Waals surface area contributed by atoms with Gasteiger partial charge in [-0.05, 0) is 33.5 Å². The van der Waals surface area contributed by atoms with Crippen molar-refractivity contribution in [2.45, 2.75) is 0 Å². The Morgan fingerprint density at radius 1 is 1.33 bits per heavy atom. The molecule has 1 rings (SSSR count). The lowest BCUT2D eigenvalue weighted by molar-refractivity contribution is 0.426. The van der Waals surface area contributed by atoms with Crippen molar-refractivity contribution in [1.82, 2.24) is 0 Å². The van der Waals surface area contributed by atoms with E-state index in [4.69, 9.17) is 15.8 Å². The minimum atomic E-state index is -1.45. The normalized spacial score (nSPS) is 8.92. The van der Waals surface area contributed by atoms with Gasteiger partial charge >= 0.3 is 7.12 Å². The van der Waals surface area contributed by atoms with E-state index in [0.717, 1.165) is 4.47 Å². The van der Waals surface area contributed by atoms with E-state index in [9.17, 15) is 0 Å². The number of nitrogens with two attached hydrogens (primary N) is 1. The number of hydrogen-bond acceptors (Lipinski definition) is 3. The van der Waals surface area contributed by atoms with Crippen molar-refractivity contribution in [1.29, 1.82) is 0 Å². The van der Waals surface area contributed by atoms with Crippen LogP contribution in [0.2, 0.25) is 0 Å². The molecule has 66 valence electrons. The minimum absolute atomic E-state index is 0. The number of anilines is 1. The summed E-state index contributed by atoms with van der Waals surface area (Å²) < 4.78 is 0.752. The van der Waals surface area contributed by atoms with E-state index in [-0.39, 0.29) is 12.4 Å². The van der Waals surface area contributed by atoms with Gasteiger partial charge in [0.05, 0.1) is 0 Å². The van der Waals surface area contributed by atoms with Gasteiger partial charge in [-0.2, -0.15) is 0 Å². The molecule has 0 aliphatic carbocycles. The fraction of sp³-hybridized carbons (Fsp3) is 0. The van der Waals surface area contributed by atoms with Crippen LogP contribution >= 0.6 is 28.3 Å². The summed E-state index contributed by atoms with van der Waals surface area (Å²) in [6.07, 6.45) is 0. The van der Waals surface area contributed by atoms with Crippen LogP contribution < -0.4 is 11.2 Å². The van der Waals surface area contributed by atoms with Crippen LogP contribution in [-0.4, -0.2) is 17.2 Å². The molecule has 0 unspecified atom stereocenters. The van der Waals surface area contributed by atoms with E-state index in [2.05, 4.69) is 15.9 Å². The molecule has 3 nitrogen and oxygen atoms in total. The van der Waals surface area contributed by atoms with Crippen molar-refractivity contribution >= 4 is 46.6 Å². The highest BCUT2D eigenvalue weighted by Gasteiger charge is 2.10. The van der Waals surface area contributed by atoms with Gasteiger partial charge in [0.2, 0.25) is 0 Å². The number of nitrogen functional groups attached to an aromatic ring is 1. The maximum absolute atomic E-state index is 8.72. The summed E-state index contributed by atoms with van der Waals surface area (Å²) in [5, 5.41) is 17.4. The molecule has 0 bridgehead atoms. The van der Waals surface area contributed by atoms with Crippen molar-refractivity contribution in [2.24, 2.45) is 0 Å². The zero-order chi connectivity index (χ0) is 8.43. The highest BCUT2D eigenvalue weighted by molar-refractivity contribution is 9.10. The summed E-state index contributed by atoms with van der Waals surface area (Å²) in [4.78, 5) is 0. The summed E-state index contributed by atoms with van der Waals surface area (Å²) >= 11 is 3.19. The average molecular weight is 252 g/mol. The van der Waals surface area contributed by atoms with Gasteiger partial charge in [-0.3, -0.25) is 0 Å². The first-order valence-electron chi connectivity index (χ1n) is 3.02. The zero-order valence-corrected chi connectivity index (χ0v) is 8.47. The Morgan fingerprint density at radius 3 is 2.33 bits per heavy atom. The summed E-state index contributed by atoms with van der Waals surface area (Å²) in [7, 11) is -1.45. The lowest BCUT2D eigenvalue weighted by Gasteiger charge is -2.01. The Labute approximate surface area is 85.3 Å². The van der Waals surface area contributed by atoms with E-state index < -0.39 is 7.12 Å². The Kier molecular flexibility index (Phi) is 4.63. The molecule has 1 aromatic carbocycles. The van der Waals surface area contributed by atoms with Crippen LogP contribution in [0.1, 0.15) is 0 Å². The van der Waals surface area contributed by atoms with Crippen LogP contribution in [-0.2, 0) is 0 Å². The van der Waals surface area contributed by atoms with Crippen molar-refractivity contribution in [3.05, 3.63) is 22.7 Å². The summed E-state index contributed by atoms with van der Waals surface area (Å²) in [5.74, 6) is 0. The molecule has 0 fully saturated rings. The highest BCUT2D eigenvalue weighted by atomic mass is 79.9. The molecule has 0 spiro atoms. The second-order valence-corrected chi connectivity index (χ2v) is 3.01. The predicted octanol–water partition coefficient (Wildman–Crippen LogP) is 0.133. The van der Waals surface area contributed by atoms with Gasteiger partial charge in [-0.25, -0.2) is 0 Å². The van der Waals surface area contributed by atoms with Crippen LogP contribution in [0.4, 0.5) is 5.69 Å².